The molecule has 0 aliphatic heterocycles. The first-order chi connectivity index (χ1) is 6.33. The van der Waals surface area contributed by atoms with E-state index < -0.39 is 0 Å². The van der Waals surface area contributed by atoms with Gasteiger partial charge in [0, 0.05) is 26.0 Å². The van der Waals surface area contributed by atoms with Crippen molar-refractivity contribution < 1.29 is 0 Å². The number of aryl methyl sites for hydroxylation is 1. The SMILES string of the molecule is Cn1ccc(CNCCCCN)c1. The van der Waals surface area contributed by atoms with Crippen molar-refractivity contribution in [2.24, 2.45) is 12.8 Å². The van der Waals surface area contributed by atoms with Crippen LogP contribution in [0.5, 0.6) is 0 Å². The zero-order valence-corrected chi connectivity index (χ0v) is 8.29. The Bertz CT molecular complexity index is 230. The largest absolute Gasteiger partial charge is 0.357 e. The highest BCUT2D eigenvalue weighted by molar-refractivity contribution is 5.09. The molecule has 1 aromatic rings. The summed E-state index contributed by atoms with van der Waals surface area (Å²) in [6.07, 6.45) is 6.48. The third-order valence-corrected chi connectivity index (χ3v) is 2.03. The first-order valence-corrected chi connectivity index (χ1v) is 4.84. The smallest absolute Gasteiger partial charge is 0.0220 e. The Kier molecular flexibility index (Phi) is 4.57. The highest BCUT2D eigenvalue weighted by Gasteiger charge is 1.93. The number of unbranched alkanes of at least 4 members (excludes halogenated alkanes) is 1. The van der Waals surface area contributed by atoms with Crippen molar-refractivity contribution in [1.29, 1.82) is 0 Å². The summed E-state index contributed by atoms with van der Waals surface area (Å²) in [5.41, 5.74) is 6.74. The normalized spacial score (nSPS) is 10.6. The molecule has 3 N–H and O–H groups in total. The molecule has 1 heterocycles. The van der Waals surface area contributed by atoms with Crippen molar-refractivity contribution in [3.63, 3.8) is 0 Å². The van der Waals surface area contributed by atoms with Crippen molar-refractivity contribution in [2.75, 3.05) is 13.1 Å². The highest BCUT2D eigenvalue weighted by atomic mass is 14.9. The molecule has 0 radical (unpaired) electrons. The summed E-state index contributed by atoms with van der Waals surface area (Å²) in [5, 5.41) is 3.38. The molecule has 0 saturated heterocycles. The molecule has 3 heteroatoms. The van der Waals surface area contributed by atoms with Crippen LogP contribution in [-0.2, 0) is 13.6 Å². The van der Waals surface area contributed by atoms with Gasteiger partial charge in [0.2, 0.25) is 0 Å². The van der Waals surface area contributed by atoms with Gasteiger partial charge in [-0.3, -0.25) is 0 Å². The summed E-state index contributed by atoms with van der Waals surface area (Å²) in [6.45, 7) is 2.82. The lowest BCUT2D eigenvalue weighted by Gasteiger charge is -2.01. The van der Waals surface area contributed by atoms with Gasteiger partial charge in [-0.1, -0.05) is 0 Å². The van der Waals surface area contributed by atoms with E-state index in [1.165, 1.54) is 12.0 Å². The Hall–Kier alpha value is -0.800. The number of nitrogens with zero attached hydrogens (tertiary/aromatic N) is 1. The van der Waals surface area contributed by atoms with Crippen LogP contribution in [-0.4, -0.2) is 17.7 Å². The molecular formula is C10H19N3. The van der Waals surface area contributed by atoms with Gasteiger partial charge in [-0.05, 0) is 37.6 Å². The lowest BCUT2D eigenvalue weighted by atomic mass is 10.3. The van der Waals surface area contributed by atoms with Gasteiger partial charge in [-0.2, -0.15) is 0 Å². The van der Waals surface area contributed by atoms with Crippen molar-refractivity contribution in [2.45, 2.75) is 19.4 Å². The van der Waals surface area contributed by atoms with Gasteiger partial charge in [0.25, 0.3) is 0 Å². The van der Waals surface area contributed by atoms with Crippen LogP contribution in [0.1, 0.15) is 18.4 Å². The fraction of sp³-hybridized carbons (Fsp3) is 0.600. The third kappa shape index (κ3) is 4.10. The number of hydrogen-bond acceptors (Lipinski definition) is 2. The molecule has 0 unspecified atom stereocenters. The summed E-state index contributed by atoms with van der Waals surface area (Å²) in [5.74, 6) is 0. The Morgan fingerprint density at radius 3 is 2.92 bits per heavy atom. The monoisotopic (exact) mass is 181 g/mol. The van der Waals surface area contributed by atoms with E-state index in [0.717, 1.165) is 26.1 Å². The fourth-order valence-corrected chi connectivity index (χ4v) is 1.29. The summed E-state index contributed by atoms with van der Waals surface area (Å²) in [7, 11) is 2.04. The predicted molar refractivity (Wildman–Crippen MR) is 55.4 cm³/mol. The minimum Gasteiger partial charge on any atom is -0.357 e. The fourth-order valence-electron chi connectivity index (χ4n) is 1.29. The quantitative estimate of drug-likeness (QED) is 0.639. The molecule has 0 spiro atoms. The van der Waals surface area contributed by atoms with Crippen LogP contribution in [0.2, 0.25) is 0 Å². The van der Waals surface area contributed by atoms with Crippen molar-refractivity contribution >= 4 is 0 Å². The van der Waals surface area contributed by atoms with E-state index in [2.05, 4.69) is 28.3 Å². The maximum atomic E-state index is 5.39. The van der Waals surface area contributed by atoms with Crippen LogP contribution in [0.4, 0.5) is 0 Å². The molecule has 0 aliphatic carbocycles. The van der Waals surface area contributed by atoms with Gasteiger partial charge in [0.15, 0.2) is 0 Å². The van der Waals surface area contributed by atoms with Gasteiger partial charge >= 0.3 is 0 Å². The van der Waals surface area contributed by atoms with Crippen LogP contribution in [0.3, 0.4) is 0 Å². The second-order valence-electron chi connectivity index (χ2n) is 3.36. The average molecular weight is 181 g/mol. The molecule has 1 aromatic heterocycles. The number of hydrogen-bond donors (Lipinski definition) is 2. The van der Waals surface area contributed by atoms with Crippen molar-refractivity contribution in [1.82, 2.24) is 9.88 Å². The van der Waals surface area contributed by atoms with E-state index >= 15 is 0 Å². The number of rotatable bonds is 6. The molecule has 74 valence electrons. The zero-order valence-electron chi connectivity index (χ0n) is 8.29. The summed E-state index contributed by atoms with van der Waals surface area (Å²) < 4.78 is 2.07. The number of nitrogens with one attached hydrogen (secondary N) is 1. The predicted octanol–water partition coefficient (Wildman–Crippen LogP) is 0.854. The Balaban J connectivity index is 2.06. The maximum absolute atomic E-state index is 5.39. The molecule has 13 heavy (non-hydrogen) atoms. The molecular weight excluding hydrogens is 162 g/mol. The molecule has 0 amide bonds. The molecule has 3 nitrogen and oxygen atoms in total. The maximum Gasteiger partial charge on any atom is 0.0220 e. The third-order valence-electron chi connectivity index (χ3n) is 2.03. The Morgan fingerprint density at radius 2 is 2.31 bits per heavy atom. The number of aromatic nitrogens is 1. The second-order valence-corrected chi connectivity index (χ2v) is 3.36. The van der Waals surface area contributed by atoms with E-state index in [1.807, 2.05) is 7.05 Å². The van der Waals surface area contributed by atoms with Crippen LogP contribution in [0.25, 0.3) is 0 Å². The average Bonchev–Trinajstić information content (AvgIpc) is 2.51. The molecule has 0 aromatic carbocycles. The van der Waals surface area contributed by atoms with Gasteiger partial charge in [0.05, 0.1) is 0 Å². The van der Waals surface area contributed by atoms with Gasteiger partial charge in [-0.25, -0.2) is 0 Å². The molecule has 0 fully saturated rings. The van der Waals surface area contributed by atoms with Crippen LogP contribution in [0.15, 0.2) is 18.5 Å². The summed E-state index contributed by atoms with van der Waals surface area (Å²) in [6, 6.07) is 2.13. The highest BCUT2D eigenvalue weighted by Crippen LogP contribution is 1.98. The molecule has 0 aliphatic rings. The van der Waals surface area contributed by atoms with Crippen molar-refractivity contribution in [3.05, 3.63) is 24.0 Å². The van der Waals surface area contributed by atoms with E-state index in [4.69, 9.17) is 5.73 Å². The Morgan fingerprint density at radius 1 is 1.46 bits per heavy atom. The van der Waals surface area contributed by atoms with E-state index in [0.29, 0.717) is 0 Å². The van der Waals surface area contributed by atoms with Gasteiger partial charge in [0.1, 0.15) is 0 Å². The summed E-state index contributed by atoms with van der Waals surface area (Å²) >= 11 is 0. The zero-order chi connectivity index (χ0) is 9.52. The molecule has 0 saturated carbocycles. The topological polar surface area (TPSA) is 43.0 Å². The Labute approximate surface area is 79.9 Å². The molecule has 0 atom stereocenters. The van der Waals surface area contributed by atoms with Crippen LogP contribution < -0.4 is 11.1 Å². The minimum atomic E-state index is 0.799. The summed E-state index contributed by atoms with van der Waals surface area (Å²) in [4.78, 5) is 0. The second kappa shape index (κ2) is 5.78. The first-order valence-electron chi connectivity index (χ1n) is 4.84. The molecule has 0 bridgehead atoms. The van der Waals surface area contributed by atoms with Crippen LogP contribution in [0, 0.1) is 0 Å². The minimum absolute atomic E-state index is 0.799. The van der Waals surface area contributed by atoms with Gasteiger partial charge in [-0.15, -0.1) is 0 Å². The lowest BCUT2D eigenvalue weighted by Crippen LogP contribution is -2.15. The molecule has 1 rings (SSSR count). The van der Waals surface area contributed by atoms with E-state index in [9.17, 15) is 0 Å². The standard InChI is InChI=1S/C10H19N3/c1-13-7-4-10(9-13)8-12-6-3-2-5-11/h4,7,9,12H,2-3,5-6,8,11H2,1H3. The van der Waals surface area contributed by atoms with Gasteiger partial charge < -0.3 is 15.6 Å². The van der Waals surface area contributed by atoms with Crippen LogP contribution >= 0.6 is 0 Å². The van der Waals surface area contributed by atoms with E-state index in [1.54, 1.807) is 0 Å². The van der Waals surface area contributed by atoms with Crippen molar-refractivity contribution in [3.8, 4) is 0 Å². The number of nitrogens with two attached hydrogens (primary N) is 1. The van der Waals surface area contributed by atoms with E-state index in [-0.39, 0.29) is 0 Å². The first kappa shape index (κ1) is 10.3. The lowest BCUT2D eigenvalue weighted by molar-refractivity contribution is 0.627.